The van der Waals surface area contributed by atoms with Crippen molar-refractivity contribution in [2.24, 2.45) is 0 Å². The van der Waals surface area contributed by atoms with E-state index < -0.39 is 21.8 Å². The van der Waals surface area contributed by atoms with Crippen molar-refractivity contribution in [3.05, 3.63) is 60.4 Å². The van der Waals surface area contributed by atoms with Crippen molar-refractivity contribution in [1.82, 2.24) is 15.0 Å². The molecular weight excluding hydrogens is 378 g/mol. The predicted molar refractivity (Wildman–Crippen MR) is 104 cm³/mol. The molecule has 9 heteroatoms. The predicted octanol–water partition coefficient (Wildman–Crippen LogP) is 3.32. The normalized spacial score (nSPS) is 13.5. The van der Waals surface area contributed by atoms with E-state index in [0.717, 1.165) is 0 Å². The van der Waals surface area contributed by atoms with Crippen LogP contribution >= 0.6 is 10.5 Å². The van der Waals surface area contributed by atoms with E-state index in [1.54, 1.807) is 36.7 Å². The second-order valence-electron chi connectivity index (χ2n) is 5.98. The van der Waals surface area contributed by atoms with Crippen LogP contribution in [0.25, 0.3) is 21.6 Å². The molecule has 1 unspecified atom stereocenters. The third-order valence-electron chi connectivity index (χ3n) is 4.41. The first-order valence-corrected chi connectivity index (χ1v) is 9.57. The Morgan fingerprint density at radius 1 is 1.00 bits per heavy atom. The molecule has 2 amide bonds. The van der Waals surface area contributed by atoms with Crippen LogP contribution in [0.1, 0.15) is 0 Å². The molecule has 0 aliphatic carbocycles. The fourth-order valence-corrected chi connectivity index (χ4v) is 4.68. The summed E-state index contributed by atoms with van der Waals surface area (Å²) < 4.78 is 0. The number of hydrogen-bond acceptors (Lipinski definition) is 6. The molecule has 5 rings (SSSR count). The Labute approximate surface area is 161 Å². The van der Waals surface area contributed by atoms with Gasteiger partial charge in [0.2, 0.25) is 0 Å². The molecule has 1 aliphatic heterocycles. The topological polar surface area (TPSA) is 111 Å². The Hall–Kier alpha value is -3.85. The minimum atomic E-state index is -1.32. The van der Waals surface area contributed by atoms with E-state index >= 15 is 0 Å². The molecule has 136 valence electrons. The molecule has 1 N–H and O–H groups in total. The average molecular weight is 389 g/mol. The number of aromatic nitrogens is 3. The van der Waals surface area contributed by atoms with Gasteiger partial charge in [-0.05, 0) is 30.3 Å². The smallest absolute Gasteiger partial charge is 0.331 e. The zero-order valence-electron chi connectivity index (χ0n) is 14.2. The zero-order chi connectivity index (χ0) is 19.3. The Bertz CT molecular complexity index is 1260. The fourth-order valence-electron chi connectivity index (χ4n) is 3.29. The molecule has 5 heterocycles. The minimum Gasteiger partial charge on any atom is -0.500 e. The first-order valence-electron chi connectivity index (χ1n) is 8.28. The number of urea groups is 1. The SMILES string of the molecule is O=C1Nc2c[s+](C(=O)[O-])c3nccc(c23)N1c1cccnc1-c1ccccn1. The molecule has 0 spiro atoms. The molecule has 28 heavy (non-hydrogen) atoms. The molecule has 0 saturated heterocycles. The third-order valence-corrected chi connectivity index (χ3v) is 5.96. The average Bonchev–Trinajstić information content (AvgIpc) is 3.09. The molecule has 4 aromatic rings. The Morgan fingerprint density at radius 2 is 1.86 bits per heavy atom. The lowest BCUT2D eigenvalue weighted by Gasteiger charge is -2.28. The molecule has 8 nitrogen and oxygen atoms in total. The minimum absolute atomic E-state index is 0.376. The largest absolute Gasteiger partial charge is 0.500 e. The first-order chi connectivity index (χ1) is 13.6. The summed E-state index contributed by atoms with van der Waals surface area (Å²) >= 11 is 0. The fraction of sp³-hybridized carbons (Fsp3) is 0. The lowest BCUT2D eigenvalue weighted by Crippen LogP contribution is -2.34. The van der Waals surface area contributed by atoms with Crippen LogP contribution in [0, 0.1) is 0 Å². The zero-order valence-corrected chi connectivity index (χ0v) is 15.0. The summed E-state index contributed by atoms with van der Waals surface area (Å²) in [6, 6.07) is 10.2. The van der Waals surface area contributed by atoms with Gasteiger partial charge in [0.1, 0.15) is 16.8 Å². The highest BCUT2D eigenvalue weighted by Gasteiger charge is 2.35. The molecule has 0 saturated carbocycles. The van der Waals surface area contributed by atoms with Gasteiger partial charge in [0.25, 0.3) is 4.83 Å². The van der Waals surface area contributed by atoms with Gasteiger partial charge in [-0.2, -0.15) is 0 Å². The second kappa shape index (κ2) is 6.10. The summed E-state index contributed by atoms with van der Waals surface area (Å²) in [6.07, 6.45) is 4.78. The molecule has 0 bridgehead atoms. The van der Waals surface area contributed by atoms with E-state index in [4.69, 9.17) is 0 Å². The first kappa shape index (κ1) is 16.3. The number of carboxylic acid groups (broad SMARTS) is 1. The van der Waals surface area contributed by atoms with E-state index in [1.165, 1.54) is 16.5 Å². The second-order valence-corrected chi connectivity index (χ2v) is 7.61. The van der Waals surface area contributed by atoms with Gasteiger partial charge in [0, 0.05) is 18.6 Å². The maximum Gasteiger partial charge on any atom is 0.331 e. The molecular formula is C19H11N5O3S. The van der Waals surface area contributed by atoms with Gasteiger partial charge < -0.3 is 15.2 Å². The quantitative estimate of drug-likeness (QED) is 0.538. The van der Waals surface area contributed by atoms with Crippen LogP contribution in [0.5, 0.6) is 0 Å². The standard InChI is InChI=1S/C19H11N5O3S/c25-18-23-12-10-28(19(26)27)17-15(12)13(6-9-22-17)24(18)14-5-3-8-21-16(14)11-4-1-2-7-20-11/h1-10H,(H-,23,25,26,27). The van der Waals surface area contributed by atoms with Gasteiger partial charge in [-0.25, -0.2) is 9.78 Å². The number of pyridine rings is 3. The van der Waals surface area contributed by atoms with E-state index in [1.807, 2.05) is 12.1 Å². The van der Waals surface area contributed by atoms with Crippen molar-refractivity contribution in [2.45, 2.75) is 0 Å². The lowest BCUT2D eigenvalue weighted by atomic mass is 10.1. The molecule has 0 radical (unpaired) electrons. The number of carbonyl (C=O) groups is 2. The maximum absolute atomic E-state index is 13.0. The molecule has 1 atom stereocenters. The van der Waals surface area contributed by atoms with Crippen LogP contribution in [0.4, 0.5) is 26.7 Å². The number of thiophene rings is 1. The lowest BCUT2D eigenvalue weighted by molar-refractivity contribution is -0.233. The van der Waals surface area contributed by atoms with Crippen molar-refractivity contribution in [2.75, 3.05) is 10.2 Å². The van der Waals surface area contributed by atoms with Gasteiger partial charge in [0.05, 0.1) is 27.5 Å². The molecule has 4 aromatic heterocycles. The number of carbonyl (C=O) groups excluding carboxylic acids is 2. The summed E-state index contributed by atoms with van der Waals surface area (Å²) in [5.41, 5.74) is 2.67. The van der Waals surface area contributed by atoms with E-state index in [0.29, 0.717) is 38.7 Å². The van der Waals surface area contributed by atoms with Gasteiger partial charge in [0.15, 0.2) is 5.38 Å². The summed E-state index contributed by atoms with van der Waals surface area (Å²) in [5.74, 6) is 0. The van der Waals surface area contributed by atoms with Crippen LogP contribution in [0.3, 0.4) is 0 Å². The summed E-state index contributed by atoms with van der Waals surface area (Å²) in [6.45, 7) is 0. The number of rotatable bonds is 3. The maximum atomic E-state index is 13.0. The molecule has 0 fully saturated rings. The van der Waals surface area contributed by atoms with Crippen molar-refractivity contribution in [1.29, 1.82) is 0 Å². The number of nitrogens with one attached hydrogen (secondary N) is 1. The third kappa shape index (κ3) is 2.33. The van der Waals surface area contributed by atoms with Crippen molar-refractivity contribution >= 4 is 49.1 Å². The van der Waals surface area contributed by atoms with E-state index in [9.17, 15) is 14.7 Å². The number of amides is 2. The van der Waals surface area contributed by atoms with E-state index in [-0.39, 0.29) is 0 Å². The van der Waals surface area contributed by atoms with Gasteiger partial charge in [-0.3, -0.25) is 14.9 Å². The highest BCUT2D eigenvalue weighted by molar-refractivity contribution is 7.54. The van der Waals surface area contributed by atoms with Crippen LogP contribution in [0.2, 0.25) is 0 Å². The van der Waals surface area contributed by atoms with Gasteiger partial charge in [-0.15, -0.1) is 0 Å². The van der Waals surface area contributed by atoms with Crippen LogP contribution < -0.4 is 15.3 Å². The summed E-state index contributed by atoms with van der Waals surface area (Å²) in [4.78, 5) is 39.3. The Kier molecular flexibility index (Phi) is 3.56. The van der Waals surface area contributed by atoms with Gasteiger partial charge >= 0.3 is 11.3 Å². The highest BCUT2D eigenvalue weighted by atomic mass is 32.2. The Balaban J connectivity index is 1.77. The highest BCUT2D eigenvalue weighted by Crippen LogP contribution is 2.47. The van der Waals surface area contributed by atoms with Crippen molar-refractivity contribution < 1.29 is 14.7 Å². The van der Waals surface area contributed by atoms with Crippen LogP contribution in [0.15, 0.2) is 60.4 Å². The van der Waals surface area contributed by atoms with Crippen molar-refractivity contribution in [3.63, 3.8) is 0 Å². The number of anilines is 3. The number of nitrogens with zero attached hydrogens (tertiary/aromatic N) is 4. The summed E-state index contributed by atoms with van der Waals surface area (Å²) in [5, 5.41) is 15.1. The molecule has 0 aromatic carbocycles. The summed E-state index contributed by atoms with van der Waals surface area (Å²) in [7, 11) is -1.32. The van der Waals surface area contributed by atoms with Gasteiger partial charge in [-0.1, -0.05) is 6.07 Å². The monoisotopic (exact) mass is 389 g/mol. The Morgan fingerprint density at radius 3 is 2.64 bits per heavy atom. The van der Waals surface area contributed by atoms with Crippen LogP contribution in [-0.2, 0) is 0 Å². The van der Waals surface area contributed by atoms with Crippen LogP contribution in [-0.4, -0.2) is 26.3 Å². The van der Waals surface area contributed by atoms with Crippen molar-refractivity contribution in [3.8, 4) is 11.4 Å². The van der Waals surface area contributed by atoms with E-state index in [2.05, 4.69) is 20.3 Å². The number of hydrogen-bond donors (Lipinski definition) is 1. The molecule has 1 aliphatic rings.